The Kier molecular flexibility index (Phi) is 4.41. The minimum Gasteiger partial charge on any atom is -0.394 e. The van der Waals surface area contributed by atoms with E-state index in [1.165, 1.54) is 0 Å². The molecule has 2 unspecified atom stereocenters. The quantitative estimate of drug-likeness (QED) is 0.289. The van der Waals surface area contributed by atoms with Gasteiger partial charge in [0, 0.05) is 0 Å². The van der Waals surface area contributed by atoms with Gasteiger partial charge < -0.3 is 34.9 Å². The second-order valence-corrected chi connectivity index (χ2v) is 4.49. The highest BCUT2D eigenvalue weighted by molar-refractivity contribution is 7.46. The molecule has 96 valence electrons. The zero-order chi connectivity index (χ0) is 12.5. The van der Waals surface area contributed by atoms with Gasteiger partial charge in [-0.3, -0.25) is 4.52 Å². The predicted octanol–water partition coefficient (Wildman–Crippen LogP) is -3.10. The van der Waals surface area contributed by atoms with Crippen molar-refractivity contribution in [2.24, 2.45) is 0 Å². The average molecular weight is 260 g/mol. The van der Waals surface area contributed by atoms with Crippen molar-refractivity contribution in [2.45, 2.75) is 30.7 Å². The van der Waals surface area contributed by atoms with Gasteiger partial charge in [0.1, 0.15) is 24.4 Å². The summed E-state index contributed by atoms with van der Waals surface area (Å²) >= 11 is 0. The molecule has 1 heterocycles. The van der Waals surface area contributed by atoms with Crippen molar-refractivity contribution in [1.29, 1.82) is 0 Å². The van der Waals surface area contributed by atoms with E-state index in [0.29, 0.717) is 0 Å². The Bertz CT molecular complexity index is 275. The largest absolute Gasteiger partial charge is 0.472 e. The van der Waals surface area contributed by atoms with Crippen molar-refractivity contribution in [3.63, 3.8) is 0 Å². The van der Waals surface area contributed by atoms with Crippen molar-refractivity contribution in [1.82, 2.24) is 0 Å². The van der Waals surface area contributed by atoms with Gasteiger partial charge in [0.15, 0.2) is 6.29 Å². The molecule has 6 N–H and O–H groups in total. The molecule has 16 heavy (non-hydrogen) atoms. The first-order valence-electron chi connectivity index (χ1n) is 4.30. The summed E-state index contributed by atoms with van der Waals surface area (Å²) in [6, 6.07) is 0. The van der Waals surface area contributed by atoms with Crippen LogP contribution in [0.1, 0.15) is 0 Å². The fraction of sp³-hybridized carbons (Fsp3) is 1.00. The molecule has 0 aromatic heterocycles. The first kappa shape index (κ1) is 14.0. The van der Waals surface area contributed by atoms with E-state index >= 15 is 0 Å². The fourth-order valence-electron chi connectivity index (χ4n) is 1.29. The molecule has 0 aromatic rings. The Morgan fingerprint density at radius 2 is 1.69 bits per heavy atom. The maximum absolute atomic E-state index is 10.5. The summed E-state index contributed by atoms with van der Waals surface area (Å²) in [6.07, 6.45) is -8.25. The number of rotatable bonds is 3. The van der Waals surface area contributed by atoms with Gasteiger partial charge in [0.2, 0.25) is 0 Å². The second-order valence-electron chi connectivity index (χ2n) is 3.29. The lowest BCUT2D eigenvalue weighted by Crippen LogP contribution is -2.58. The van der Waals surface area contributed by atoms with Crippen LogP contribution in [0.3, 0.4) is 0 Å². The van der Waals surface area contributed by atoms with Crippen molar-refractivity contribution in [3.8, 4) is 0 Å². The van der Waals surface area contributed by atoms with E-state index in [1.807, 2.05) is 0 Å². The number of hydrogen-bond acceptors (Lipinski definition) is 7. The molecule has 0 spiro atoms. The molecular weight excluding hydrogens is 247 g/mol. The summed E-state index contributed by atoms with van der Waals surface area (Å²) in [5, 5.41) is 36.6. The standard InChI is InChI=1S/C6H13O9P/c7-1-2-3(8)4(9)5(10)6(14-2)15-16(11,12)13/h2-10H,1H2,(H2,11,12,13)/t2?,3-,4-,5?,6+/m0/s1. The lowest BCUT2D eigenvalue weighted by Gasteiger charge is -2.39. The third-order valence-corrected chi connectivity index (χ3v) is 2.57. The second kappa shape index (κ2) is 5.05. The molecule has 9 nitrogen and oxygen atoms in total. The van der Waals surface area contributed by atoms with E-state index in [4.69, 9.17) is 14.9 Å². The summed E-state index contributed by atoms with van der Waals surface area (Å²) in [6.45, 7) is -0.702. The number of hydrogen-bond donors (Lipinski definition) is 6. The van der Waals surface area contributed by atoms with Crippen LogP contribution >= 0.6 is 7.82 Å². The van der Waals surface area contributed by atoms with Crippen molar-refractivity contribution >= 4 is 7.82 Å². The molecule has 1 rings (SSSR count). The van der Waals surface area contributed by atoms with Gasteiger partial charge in [0.05, 0.1) is 6.61 Å². The van der Waals surface area contributed by atoms with Crippen LogP contribution in [0, 0.1) is 0 Å². The van der Waals surface area contributed by atoms with Gasteiger partial charge in [-0.2, -0.15) is 0 Å². The molecule has 1 aliphatic rings. The van der Waals surface area contributed by atoms with Crippen LogP contribution < -0.4 is 0 Å². The minimum atomic E-state index is -4.91. The van der Waals surface area contributed by atoms with E-state index in [-0.39, 0.29) is 0 Å². The van der Waals surface area contributed by atoms with E-state index < -0.39 is 45.1 Å². The van der Waals surface area contributed by atoms with Crippen molar-refractivity contribution < 1.29 is 44.0 Å². The normalized spacial score (nSPS) is 41.0. The molecule has 0 amide bonds. The molecule has 1 saturated heterocycles. The lowest BCUT2D eigenvalue weighted by atomic mass is 10.00. The first-order valence-corrected chi connectivity index (χ1v) is 5.83. The number of phosphoric ester groups is 1. The highest BCUT2D eigenvalue weighted by atomic mass is 31.2. The van der Waals surface area contributed by atoms with Gasteiger partial charge in [0.25, 0.3) is 0 Å². The van der Waals surface area contributed by atoms with Crippen LogP contribution in [0.15, 0.2) is 0 Å². The van der Waals surface area contributed by atoms with E-state index in [1.54, 1.807) is 0 Å². The van der Waals surface area contributed by atoms with Crippen LogP contribution in [-0.4, -0.2) is 67.5 Å². The molecule has 0 bridgehead atoms. The monoisotopic (exact) mass is 260 g/mol. The first-order chi connectivity index (χ1) is 7.26. The summed E-state index contributed by atoms with van der Waals surface area (Å²) in [4.78, 5) is 17.0. The Morgan fingerprint density at radius 1 is 1.12 bits per heavy atom. The van der Waals surface area contributed by atoms with E-state index in [9.17, 15) is 19.9 Å². The third kappa shape index (κ3) is 3.20. The molecule has 0 aliphatic carbocycles. The number of aliphatic hydroxyl groups excluding tert-OH is 4. The third-order valence-electron chi connectivity index (χ3n) is 2.09. The minimum absolute atomic E-state index is 0.702. The Hall–Kier alpha value is -0.0900. The summed E-state index contributed by atoms with van der Waals surface area (Å²) in [5.74, 6) is 0. The fourth-order valence-corrected chi connectivity index (χ4v) is 1.73. The topological polar surface area (TPSA) is 157 Å². The molecule has 0 saturated carbocycles. The SMILES string of the molecule is O=P(O)(O)O[C@H]1OC(CO)[C@H](O)[C@H](O)C1O. The Labute approximate surface area is 90.1 Å². The molecule has 0 radical (unpaired) electrons. The van der Waals surface area contributed by atoms with Crippen LogP contribution in [0.5, 0.6) is 0 Å². The van der Waals surface area contributed by atoms with Gasteiger partial charge in [-0.1, -0.05) is 0 Å². The Morgan fingerprint density at radius 3 is 2.12 bits per heavy atom. The molecule has 1 aliphatic heterocycles. The summed E-state index contributed by atoms with van der Waals surface area (Å²) < 4.78 is 19.2. The zero-order valence-corrected chi connectivity index (χ0v) is 8.84. The van der Waals surface area contributed by atoms with Gasteiger partial charge in [-0.25, -0.2) is 4.57 Å². The van der Waals surface area contributed by atoms with Crippen molar-refractivity contribution in [3.05, 3.63) is 0 Å². The van der Waals surface area contributed by atoms with E-state index in [2.05, 4.69) is 9.26 Å². The average Bonchev–Trinajstić information content (AvgIpc) is 2.17. The van der Waals surface area contributed by atoms with Crippen molar-refractivity contribution in [2.75, 3.05) is 6.61 Å². The van der Waals surface area contributed by atoms with Crippen LogP contribution in [0.2, 0.25) is 0 Å². The van der Waals surface area contributed by atoms with E-state index in [0.717, 1.165) is 0 Å². The predicted molar refractivity (Wildman–Crippen MR) is 46.9 cm³/mol. The number of ether oxygens (including phenoxy) is 1. The molecule has 0 aromatic carbocycles. The zero-order valence-electron chi connectivity index (χ0n) is 7.95. The van der Waals surface area contributed by atoms with Gasteiger partial charge >= 0.3 is 7.82 Å². The summed E-state index contributed by atoms with van der Waals surface area (Å²) in [7, 11) is -4.91. The van der Waals surface area contributed by atoms with Crippen LogP contribution in [-0.2, 0) is 13.8 Å². The highest BCUT2D eigenvalue weighted by Gasteiger charge is 2.46. The van der Waals surface area contributed by atoms with Crippen LogP contribution in [0.4, 0.5) is 0 Å². The smallest absolute Gasteiger partial charge is 0.394 e. The number of aliphatic hydroxyl groups is 4. The maximum Gasteiger partial charge on any atom is 0.472 e. The summed E-state index contributed by atoms with van der Waals surface area (Å²) in [5.41, 5.74) is 0. The molecule has 5 atom stereocenters. The molecule has 10 heteroatoms. The maximum atomic E-state index is 10.5. The van der Waals surface area contributed by atoms with Gasteiger partial charge in [-0.15, -0.1) is 0 Å². The number of phosphoric acid groups is 1. The Balaban J connectivity index is 2.75. The van der Waals surface area contributed by atoms with Gasteiger partial charge in [-0.05, 0) is 0 Å². The molecular formula is C6H13O9P. The molecule has 1 fully saturated rings. The lowest BCUT2D eigenvalue weighted by molar-refractivity contribution is -0.280. The van der Waals surface area contributed by atoms with Crippen LogP contribution in [0.25, 0.3) is 0 Å². The highest BCUT2D eigenvalue weighted by Crippen LogP contribution is 2.40.